The predicted molar refractivity (Wildman–Crippen MR) is 118 cm³/mol. The van der Waals surface area contributed by atoms with E-state index in [-0.39, 0.29) is 41.2 Å². The monoisotopic (exact) mass is 548 g/mol. The molecule has 1 aromatic carbocycles. The van der Waals surface area contributed by atoms with Gasteiger partial charge in [-0.15, -0.1) is 0 Å². The molecular formula is C21H17ClF4N4O5S. The summed E-state index contributed by atoms with van der Waals surface area (Å²) in [5.41, 5.74) is -3.78. The minimum absolute atomic E-state index is 0.0499. The number of carboxylic acid groups (broad SMARTS) is 1. The number of nitrogens with zero attached hydrogens (tertiary/aromatic N) is 3. The molecular weight excluding hydrogens is 532 g/mol. The van der Waals surface area contributed by atoms with E-state index in [0.29, 0.717) is 0 Å². The van der Waals surface area contributed by atoms with Crippen molar-refractivity contribution in [2.24, 2.45) is 5.92 Å². The molecule has 1 aliphatic heterocycles. The predicted octanol–water partition coefficient (Wildman–Crippen LogP) is 3.11. The second-order valence-corrected chi connectivity index (χ2v) is 10.0. The van der Waals surface area contributed by atoms with Gasteiger partial charge in [-0.2, -0.15) is 18.4 Å². The highest BCUT2D eigenvalue weighted by atomic mass is 35.5. The number of carbonyl (C=O) groups is 2. The first-order valence-electron chi connectivity index (χ1n) is 10.2. The Morgan fingerprint density at radius 3 is 2.47 bits per heavy atom. The summed E-state index contributed by atoms with van der Waals surface area (Å²) >= 11 is 5.62. The number of benzene rings is 1. The van der Waals surface area contributed by atoms with Crippen molar-refractivity contribution in [3.8, 4) is 6.07 Å². The summed E-state index contributed by atoms with van der Waals surface area (Å²) in [6.07, 6.45) is -5.34. The summed E-state index contributed by atoms with van der Waals surface area (Å²) in [4.78, 5) is 28.5. The average molecular weight is 549 g/mol. The molecule has 1 aliphatic rings. The number of nitriles is 1. The Morgan fingerprint density at radius 2 is 1.97 bits per heavy atom. The number of carboxylic acids is 1. The molecule has 2 heterocycles. The molecule has 15 heteroatoms. The van der Waals surface area contributed by atoms with Gasteiger partial charge in [0.25, 0.3) is 0 Å². The number of rotatable bonds is 7. The van der Waals surface area contributed by atoms with E-state index in [0.717, 1.165) is 17.0 Å². The molecule has 0 aliphatic carbocycles. The molecule has 0 bridgehead atoms. The number of anilines is 1. The van der Waals surface area contributed by atoms with Crippen molar-refractivity contribution >= 4 is 39.3 Å². The van der Waals surface area contributed by atoms with E-state index in [2.05, 4.69) is 4.98 Å². The van der Waals surface area contributed by atoms with Gasteiger partial charge in [-0.3, -0.25) is 9.52 Å². The van der Waals surface area contributed by atoms with Crippen LogP contribution in [0.1, 0.15) is 39.7 Å². The lowest BCUT2D eigenvalue weighted by atomic mass is 9.94. The fourth-order valence-corrected chi connectivity index (χ4v) is 5.04. The SMILES string of the molecule is CCc1c(C#N)c(N2CC(C(=O)NS(=O)(=O)Cc3ccc(Cl)cc3F)C2)nc(C(F)(F)F)c1C(=O)O. The molecule has 0 saturated carbocycles. The highest BCUT2D eigenvalue weighted by Gasteiger charge is 2.43. The van der Waals surface area contributed by atoms with Crippen molar-refractivity contribution < 1.29 is 40.7 Å². The van der Waals surface area contributed by atoms with E-state index in [9.17, 15) is 45.9 Å². The molecule has 3 rings (SSSR count). The number of amides is 1. The highest BCUT2D eigenvalue weighted by molar-refractivity contribution is 7.89. The van der Waals surface area contributed by atoms with Gasteiger partial charge in [0.05, 0.1) is 22.8 Å². The summed E-state index contributed by atoms with van der Waals surface area (Å²) in [5.74, 6) is -6.07. The van der Waals surface area contributed by atoms with Gasteiger partial charge < -0.3 is 10.0 Å². The van der Waals surface area contributed by atoms with Crippen molar-refractivity contribution in [1.29, 1.82) is 5.26 Å². The van der Waals surface area contributed by atoms with Crippen LogP contribution in [0.4, 0.5) is 23.4 Å². The molecule has 0 atom stereocenters. The van der Waals surface area contributed by atoms with Crippen LogP contribution in [0.3, 0.4) is 0 Å². The zero-order valence-electron chi connectivity index (χ0n) is 18.4. The molecule has 36 heavy (non-hydrogen) atoms. The smallest absolute Gasteiger partial charge is 0.434 e. The van der Waals surface area contributed by atoms with Gasteiger partial charge in [0.15, 0.2) is 5.69 Å². The number of alkyl halides is 3. The maximum absolute atomic E-state index is 13.9. The summed E-state index contributed by atoms with van der Waals surface area (Å²) in [7, 11) is -4.32. The van der Waals surface area contributed by atoms with Gasteiger partial charge in [0.2, 0.25) is 15.9 Å². The number of aromatic nitrogens is 1. The number of carbonyl (C=O) groups excluding carboxylic acids is 1. The summed E-state index contributed by atoms with van der Waals surface area (Å²) < 4.78 is 81.0. The number of nitrogens with one attached hydrogen (secondary N) is 1. The third-order valence-electron chi connectivity index (χ3n) is 5.40. The minimum atomic E-state index is -5.13. The van der Waals surface area contributed by atoms with Crippen LogP contribution in [0.15, 0.2) is 18.2 Å². The molecule has 1 amide bonds. The normalized spacial score (nSPS) is 14.2. The largest absolute Gasteiger partial charge is 0.478 e. The second kappa shape index (κ2) is 9.90. The molecule has 1 saturated heterocycles. The van der Waals surface area contributed by atoms with Crippen LogP contribution in [0, 0.1) is 23.1 Å². The molecule has 9 nitrogen and oxygen atoms in total. The van der Waals surface area contributed by atoms with Crippen molar-refractivity contribution in [2.75, 3.05) is 18.0 Å². The molecule has 192 valence electrons. The summed E-state index contributed by atoms with van der Waals surface area (Å²) in [6.45, 7) is 0.809. The van der Waals surface area contributed by atoms with Crippen molar-refractivity contribution in [3.63, 3.8) is 0 Å². The average Bonchev–Trinajstić information content (AvgIpc) is 2.72. The van der Waals surface area contributed by atoms with E-state index in [1.54, 1.807) is 10.8 Å². The van der Waals surface area contributed by atoms with Crippen LogP contribution in [0.2, 0.25) is 5.02 Å². The Morgan fingerprint density at radius 1 is 1.33 bits per heavy atom. The third-order valence-corrected chi connectivity index (χ3v) is 6.84. The number of hydrogen-bond acceptors (Lipinski definition) is 7. The maximum atomic E-state index is 13.9. The minimum Gasteiger partial charge on any atom is -0.478 e. The molecule has 1 fully saturated rings. The van der Waals surface area contributed by atoms with Crippen LogP contribution in [-0.4, -0.2) is 43.5 Å². The topological polar surface area (TPSA) is 140 Å². The van der Waals surface area contributed by atoms with Gasteiger partial charge >= 0.3 is 12.1 Å². The second-order valence-electron chi connectivity index (χ2n) is 7.84. The molecule has 0 spiro atoms. The standard InChI is InChI=1S/C21H17ClF4N4O5S/c1-2-13-14(6-27)18(28-17(21(24,25)26)16(13)20(32)33)30-7-11(8-30)19(31)29-36(34,35)9-10-3-4-12(22)5-15(10)23/h3-5,11H,2,7-9H2,1H3,(H,29,31)(H,32,33). The van der Waals surface area contributed by atoms with Gasteiger partial charge in [0.1, 0.15) is 17.7 Å². The summed E-state index contributed by atoms with van der Waals surface area (Å²) in [5, 5.41) is 18.9. The lowest BCUT2D eigenvalue weighted by Gasteiger charge is -2.40. The van der Waals surface area contributed by atoms with Crippen LogP contribution in [0.5, 0.6) is 0 Å². The van der Waals surface area contributed by atoms with Gasteiger partial charge in [0, 0.05) is 23.7 Å². The van der Waals surface area contributed by atoms with Crippen LogP contribution in [0.25, 0.3) is 0 Å². The van der Waals surface area contributed by atoms with E-state index < -0.39 is 62.6 Å². The van der Waals surface area contributed by atoms with Crippen LogP contribution >= 0.6 is 11.6 Å². The first-order chi connectivity index (χ1) is 16.7. The van der Waals surface area contributed by atoms with Gasteiger partial charge in [-0.25, -0.2) is 22.6 Å². The zero-order chi connectivity index (χ0) is 27.0. The van der Waals surface area contributed by atoms with Crippen molar-refractivity contribution in [3.05, 3.63) is 57.0 Å². The lowest BCUT2D eigenvalue weighted by molar-refractivity contribution is -0.141. The Labute approximate surface area is 207 Å². The number of sulfonamides is 1. The Bertz CT molecular complexity index is 1390. The van der Waals surface area contributed by atoms with Crippen molar-refractivity contribution in [2.45, 2.75) is 25.3 Å². The molecule has 2 N–H and O–H groups in total. The molecule has 0 radical (unpaired) electrons. The highest BCUT2D eigenvalue weighted by Crippen LogP contribution is 2.38. The number of hydrogen-bond donors (Lipinski definition) is 2. The molecule has 1 aromatic heterocycles. The van der Waals surface area contributed by atoms with Crippen LogP contribution in [-0.2, 0) is 33.2 Å². The number of aromatic carboxylic acids is 1. The fourth-order valence-electron chi connectivity index (χ4n) is 3.69. The van der Waals surface area contributed by atoms with E-state index in [1.807, 2.05) is 0 Å². The summed E-state index contributed by atoms with van der Waals surface area (Å²) in [6, 6.07) is 5.01. The van der Waals surface area contributed by atoms with E-state index in [1.165, 1.54) is 13.0 Å². The number of pyridine rings is 1. The lowest BCUT2D eigenvalue weighted by Crippen LogP contribution is -2.55. The van der Waals surface area contributed by atoms with Gasteiger partial charge in [-0.1, -0.05) is 24.6 Å². The fraction of sp³-hybridized carbons (Fsp3) is 0.333. The zero-order valence-corrected chi connectivity index (χ0v) is 19.9. The van der Waals surface area contributed by atoms with E-state index >= 15 is 0 Å². The first-order valence-corrected chi connectivity index (χ1v) is 12.2. The number of halogens is 5. The van der Waals surface area contributed by atoms with Gasteiger partial charge in [-0.05, 0) is 24.1 Å². The van der Waals surface area contributed by atoms with E-state index in [4.69, 9.17) is 11.6 Å². The van der Waals surface area contributed by atoms with Crippen molar-refractivity contribution in [1.82, 2.24) is 9.71 Å². The first kappa shape index (κ1) is 27.2. The van der Waals surface area contributed by atoms with Crippen LogP contribution < -0.4 is 9.62 Å². The Kier molecular flexibility index (Phi) is 7.47. The quantitative estimate of drug-likeness (QED) is 0.503. The third kappa shape index (κ3) is 5.52. The Hall–Kier alpha value is -3.44. The molecule has 0 unspecified atom stereocenters. The molecule has 2 aromatic rings. The Balaban J connectivity index is 1.81. The maximum Gasteiger partial charge on any atom is 0.434 e.